The van der Waals surface area contributed by atoms with Gasteiger partial charge in [0, 0.05) is 17.4 Å². The van der Waals surface area contributed by atoms with Crippen molar-refractivity contribution < 1.29 is 4.79 Å². The summed E-state index contributed by atoms with van der Waals surface area (Å²) in [5.74, 6) is 1.15. The fourth-order valence-corrected chi connectivity index (χ4v) is 2.69. The SMILES string of the molecule is Cc1nc(SCC(=O)N[C@H](C)C2CC2)nc(C)c1C. The molecule has 0 bridgehead atoms. The molecule has 2 rings (SSSR count). The molecule has 1 aliphatic rings. The molecule has 1 heterocycles. The Balaban J connectivity index is 1.86. The predicted octanol–water partition coefficient (Wildman–Crippen LogP) is 2.41. The predicted molar refractivity (Wildman–Crippen MR) is 77.3 cm³/mol. The molecule has 0 unspecified atom stereocenters. The minimum atomic E-state index is 0.0730. The van der Waals surface area contributed by atoms with E-state index >= 15 is 0 Å². The van der Waals surface area contributed by atoms with Gasteiger partial charge in [-0.2, -0.15) is 0 Å². The van der Waals surface area contributed by atoms with E-state index in [0.29, 0.717) is 22.9 Å². The van der Waals surface area contributed by atoms with Gasteiger partial charge in [-0.1, -0.05) is 11.8 Å². The second-order valence-corrected chi connectivity index (χ2v) is 6.23. The van der Waals surface area contributed by atoms with Gasteiger partial charge in [0.05, 0.1) is 5.75 Å². The Morgan fingerprint density at radius 1 is 1.32 bits per heavy atom. The first kappa shape index (κ1) is 14.3. The molecule has 1 amide bonds. The Morgan fingerprint density at radius 2 is 1.89 bits per heavy atom. The number of nitrogens with zero attached hydrogens (tertiary/aromatic N) is 2. The molecule has 1 aromatic heterocycles. The highest BCUT2D eigenvalue weighted by atomic mass is 32.2. The molecule has 0 aromatic carbocycles. The normalized spacial score (nSPS) is 16.2. The molecule has 1 saturated carbocycles. The number of amides is 1. The number of hydrogen-bond acceptors (Lipinski definition) is 4. The van der Waals surface area contributed by atoms with Crippen molar-refractivity contribution in [2.24, 2.45) is 5.92 Å². The van der Waals surface area contributed by atoms with Crippen molar-refractivity contribution in [3.05, 3.63) is 17.0 Å². The van der Waals surface area contributed by atoms with Gasteiger partial charge in [-0.15, -0.1) is 0 Å². The Morgan fingerprint density at radius 3 is 2.42 bits per heavy atom. The van der Waals surface area contributed by atoms with Gasteiger partial charge in [-0.3, -0.25) is 4.79 Å². The molecule has 0 aliphatic heterocycles. The number of hydrogen-bond donors (Lipinski definition) is 1. The second kappa shape index (κ2) is 5.90. The lowest BCUT2D eigenvalue weighted by molar-refractivity contribution is -0.119. The van der Waals surface area contributed by atoms with E-state index in [1.807, 2.05) is 20.8 Å². The summed E-state index contributed by atoms with van der Waals surface area (Å²) in [4.78, 5) is 20.6. The summed E-state index contributed by atoms with van der Waals surface area (Å²) in [5.41, 5.74) is 3.10. The lowest BCUT2D eigenvalue weighted by Crippen LogP contribution is -2.35. The van der Waals surface area contributed by atoms with Crippen molar-refractivity contribution in [1.29, 1.82) is 0 Å². The third-order valence-corrected chi connectivity index (χ3v) is 4.51. The molecule has 104 valence electrons. The van der Waals surface area contributed by atoms with Gasteiger partial charge in [-0.25, -0.2) is 9.97 Å². The number of carbonyl (C=O) groups excluding carboxylic acids is 1. The van der Waals surface area contributed by atoms with E-state index in [1.54, 1.807) is 0 Å². The van der Waals surface area contributed by atoms with Crippen LogP contribution < -0.4 is 5.32 Å². The highest BCUT2D eigenvalue weighted by Gasteiger charge is 2.28. The number of aromatic nitrogens is 2. The third kappa shape index (κ3) is 3.93. The maximum atomic E-state index is 11.8. The van der Waals surface area contributed by atoms with E-state index in [1.165, 1.54) is 24.6 Å². The van der Waals surface area contributed by atoms with Gasteiger partial charge in [-0.05, 0) is 52.0 Å². The van der Waals surface area contributed by atoms with Crippen molar-refractivity contribution >= 4 is 17.7 Å². The van der Waals surface area contributed by atoms with Crippen LogP contribution in [0, 0.1) is 26.7 Å². The number of thioether (sulfide) groups is 1. The summed E-state index contributed by atoms with van der Waals surface area (Å²) < 4.78 is 0. The molecule has 0 saturated heterocycles. The first-order valence-corrected chi connectivity index (χ1v) is 7.70. The second-order valence-electron chi connectivity index (χ2n) is 5.28. The van der Waals surface area contributed by atoms with Gasteiger partial charge in [0.2, 0.25) is 5.91 Å². The Kier molecular flexibility index (Phi) is 4.45. The van der Waals surface area contributed by atoms with Crippen LogP contribution in [-0.2, 0) is 4.79 Å². The number of rotatable bonds is 5. The first-order chi connectivity index (χ1) is 8.97. The molecular weight excluding hydrogens is 258 g/mol. The number of aryl methyl sites for hydroxylation is 2. The first-order valence-electron chi connectivity index (χ1n) is 6.71. The Hall–Kier alpha value is -1.10. The van der Waals surface area contributed by atoms with E-state index in [0.717, 1.165) is 17.0 Å². The minimum absolute atomic E-state index is 0.0730. The van der Waals surface area contributed by atoms with Gasteiger partial charge in [0.15, 0.2) is 5.16 Å². The highest BCUT2D eigenvalue weighted by molar-refractivity contribution is 7.99. The summed E-state index contributed by atoms with van der Waals surface area (Å²) in [7, 11) is 0. The van der Waals surface area contributed by atoms with Gasteiger partial charge < -0.3 is 5.32 Å². The average Bonchev–Trinajstić information content (AvgIpc) is 3.17. The largest absolute Gasteiger partial charge is 0.353 e. The fraction of sp³-hybridized carbons (Fsp3) is 0.643. The summed E-state index contributed by atoms with van der Waals surface area (Å²) in [5, 5.41) is 3.73. The lowest BCUT2D eigenvalue weighted by atomic mass is 10.2. The third-order valence-electron chi connectivity index (χ3n) is 3.66. The molecule has 1 aromatic rings. The van der Waals surface area contributed by atoms with E-state index in [4.69, 9.17) is 0 Å². The van der Waals surface area contributed by atoms with E-state index in [-0.39, 0.29) is 5.91 Å². The summed E-state index contributed by atoms with van der Waals surface area (Å²) >= 11 is 1.41. The maximum absolute atomic E-state index is 11.8. The fourth-order valence-electron chi connectivity index (χ4n) is 1.95. The van der Waals surface area contributed by atoms with Crippen LogP contribution in [-0.4, -0.2) is 27.7 Å². The van der Waals surface area contributed by atoms with Crippen LogP contribution in [0.1, 0.15) is 36.7 Å². The van der Waals surface area contributed by atoms with Crippen molar-refractivity contribution in [3.8, 4) is 0 Å². The minimum Gasteiger partial charge on any atom is -0.353 e. The van der Waals surface area contributed by atoms with E-state index < -0.39 is 0 Å². The highest BCUT2D eigenvalue weighted by Crippen LogP contribution is 2.32. The molecule has 1 fully saturated rings. The number of carbonyl (C=O) groups is 1. The smallest absolute Gasteiger partial charge is 0.230 e. The van der Waals surface area contributed by atoms with Crippen molar-refractivity contribution in [2.75, 3.05) is 5.75 Å². The molecule has 1 atom stereocenters. The molecule has 5 heteroatoms. The van der Waals surface area contributed by atoms with Crippen LogP contribution in [0.5, 0.6) is 0 Å². The zero-order chi connectivity index (χ0) is 14.0. The van der Waals surface area contributed by atoms with Gasteiger partial charge >= 0.3 is 0 Å². The zero-order valence-electron chi connectivity index (χ0n) is 12.0. The van der Waals surface area contributed by atoms with Crippen molar-refractivity contribution in [1.82, 2.24) is 15.3 Å². The monoisotopic (exact) mass is 279 g/mol. The zero-order valence-corrected chi connectivity index (χ0v) is 12.8. The molecule has 0 radical (unpaired) electrons. The molecule has 4 nitrogen and oxygen atoms in total. The van der Waals surface area contributed by atoms with Crippen molar-refractivity contribution in [2.45, 2.75) is 51.7 Å². The van der Waals surface area contributed by atoms with Crippen LogP contribution in [0.2, 0.25) is 0 Å². The van der Waals surface area contributed by atoms with Crippen LogP contribution in [0.15, 0.2) is 5.16 Å². The van der Waals surface area contributed by atoms with Gasteiger partial charge in [0.25, 0.3) is 0 Å². The van der Waals surface area contributed by atoms with Crippen LogP contribution >= 0.6 is 11.8 Å². The van der Waals surface area contributed by atoms with Crippen LogP contribution in [0.25, 0.3) is 0 Å². The summed E-state index contributed by atoms with van der Waals surface area (Å²) in [6.45, 7) is 8.05. The number of nitrogens with one attached hydrogen (secondary N) is 1. The average molecular weight is 279 g/mol. The molecule has 19 heavy (non-hydrogen) atoms. The Labute approximate surface area is 118 Å². The quantitative estimate of drug-likeness (QED) is 0.664. The van der Waals surface area contributed by atoms with Gasteiger partial charge in [0.1, 0.15) is 0 Å². The molecule has 0 spiro atoms. The van der Waals surface area contributed by atoms with Crippen LogP contribution in [0.3, 0.4) is 0 Å². The maximum Gasteiger partial charge on any atom is 0.230 e. The van der Waals surface area contributed by atoms with Crippen molar-refractivity contribution in [3.63, 3.8) is 0 Å². The van der Waals surface area contributed by atoms with E-state index in [2.05, 4.69) is 22.2 Å². The molecular formula is C14H21N3OS. The summed E-state index contributed by atoms with van der Waals surface area (Å²) in [6, 6.07) is 0.301. The van der Waals surface area contributed by atoms with Crippen LogP contribution in [0.4, 0.5) is 0 Å². The molecule has 1 N–H and O–H groups in total. The summed E-state index contributed by atoms with van der Waals surface area (Å²) in [6.07, 6.45) is 2.49. The lowest BCUT2D eigenvalue weighted by Gasteiger charge is -2.12. The standard InChI is InChI=1S/C14H21N3OS/c1-8-9(2)16-14(17-10(8)3)19-7-13(18)15-11(4)12-5-6-12/h11-12H,5-7H2,1-4H3,(H,15,18)/t11-/m1/s1. The molecule has 1 aliphatic carbocycles. The van der Waals surface area contributed by atoms with E-state index in [9.17, 15) is 4.79 Å². The topological polar surface area (TPSA) is 54.9 Å². The Bertz CT molecular complexity index is 463.